The Morgan fingerprint density at radius 2 is 2.06 bits per heavy atom. The van der Waals surface area contributed by atoms with Crippen molar-refractivity contribution in [3.05, 3.63) is 35.9 Å². The van der Waals surface area contributed by atoms with Crippen LogP contribution in [0.5, 0.6) is 0 Å². The van der Waals surface area contributed by atoms with Crippen LogP contribution in [0.4, 0.5) is 5.95 Å². The lowest BCUT2D eigenvalue weighted by Crippen LogP contribution is -2.08. The van der Waals surface area contributed by atoms with E-state index in [0.29, 0.717) is 0 Å². The molecule has 0 saturated heterocycles. The number of benzene rings is 1. The number of hydrogen-bond acceptors (Lipinski definition) is 4. The van der Waals surface area contributed by atoms with E-state index in [2.05, 4.69) is 39.9 Å². The molecule has 1 aromatic carbocycles. The maximum atomic E-state index is 3.94. The van der Waals surface area contributed by atoms with Crippen molar-refractivity contribution in [1.29, 1.82) is 0 Å². The van der Waals surface area contributed by atoms with Gasteiger partial charge in [0.1, 0.15) is 0 Å². The quantitative estimate of drug-likeness (QED) is 0.828. The van der Waals surface area contributed by atoms with Gasteiger partial charge in [-0.15, -0.1) is 0 Å². The number of aryl methyl sites for hydroxylation is 1. The number of anilines is 1. The normalized spacial score (nSPS) is 10.3. The van der Waals surface area contributed by atoms with Gasteiger partial charge in [0.05, 0.1) is 0 Å². The lowest BCUT2D eigenvalue weighted by atomic mass is 10.2. The van der Waals surface area contributed by atoms with Crippen LogP contribution in [-0.2, 0) is 13.1 Å². The van der Waals surface area contributed by atoms with Gasteiger partial charge in [-0.05, 0) is 22.4 Å². The molecule has 0 aliphatic carbocycles. The van der Waals surface area contributed by atoms with Gasteiger partial charge in [-0.2, -0.15) is 0 Å². The Bertz CT molecular complexity index is 423. The predicted octanol–water partition coefficient (Wildman–Crippen LogP) is 1.70. The number of nitrogens with one attached hydrogen (secondary N) is 1. The van der Waals surface area contributed by atoms with Gasteiger partial charge in [0.15, 0.2) is 0 Å². The van der Waals surface area contributed by atoms with E-state index in [4.69, 9.17) is 0 Å². The fourth-order valence-electron chi connectivity index (χ4n) is 1.47. The maximum Gasteiger partial charge on any atom is 0.243 e. The molecule has 0 amide bonds. The smallest absolute Gasteiger partial charge is 0.243 e. The maximum absolute atomic E-state index is 3.94. The van der Waals surface area contributed by atoms with Crippen molar-refractivity contribution in [2.75, 3.05) is 5.32 Å². The summed E-state index contributed by atoms with van der Waals surface area (Å²) in [6.07, 6.45) is 1.02. The minimum atomic E-state index is 0.728. The van der Waals surface area contributed by atoms with Crippen LogP contribution in [0.3, 0.4) is 0 Å². The molecule has 16 heavy (non-hydrogen) atoms. The van der Waals surface area contributed by atoms with Crippen molar-refractivity contribution >= 4 is 5.95 Å². The molecule has 0 unspecified atom stereocenters. The van der Waals surface area contributed by atoms with Crippen LogP contribution < -0.4 is 5.32 Å². The topological polar surface area (TPSA) is 55.6 Å². The molecule has 5 heteroatoms. The highest BCUT2D eigenvalue weighted by atomic mass is 15.6. The Hall–Kier alpha value is -1.91. The molecule has 1 heterocycles. The molecule has 5 nitrogen and oxygen atoms in total. The molecule has 0 spiro atoms. The van der Waals surface area contributed by atoms with Crippen LogP contribution in [0.2, 0.25) is 0 Å². The number of tetrazole rings is 1. The first-order valence-corrected chi connectivity index (χ1v) is 5.44. The summed E-state index contributed by atoms with van der Waals surface area (Å²) in [5.74, 6) is 0.728. The first-order chi connectivity index (χ1) is 7.90. The van der Waals surface area contributed by atoms with Crippen molar-refractivity contribution in [3.63, 3.8) is 0 Å². The van der Waals surface area contributed by atoms with E-state index in [0.717, 1.165) is 25.5 Å². The molecule has 0 fully saturated rings. The standard InChI is InChI=1S/C11H15N5/c1-2-8-16-11(13-14-15-16)12-9-10-6-4-3-5-7-10/h3-7H,2,8-9H2,1H3,(H,12,13,15). The fourth-order valence-corrected chi connectivity index (χ4v) is 1.47. The van der Waals surface area contributed by atoms with Gasteiger partial charge in [0.2, 0.25) is 5.95 Å². The van der Waals surface area contributed by atoms with E-state index >= 15 is 0 Å². The third kappa shape index (κ3) is 2.56. The summed E-state index contributed by atoms with van der Waals surface area (Å²) in [5, 5.41) is 14.7. The first-order valence-electron chi connectivity index (χ1n) is 5.44. The summed E-state index contributed by atoms with van der Waals surface area (Å²) in [5.41, 5.74) is 1.22. The van der Waals surface area contributed by atoms with E-state index in [-0.39, 0.29) is 0 Å². The largest absolute Gasteiger partial charge is 0.349 e. The van der Waals surface area contributed by atoms with Gasteiger partial charge < -0.3 is 5.32 Å². The van der Waals surface area contributed by atoms with E-state index in [1.54, 1.807) is 4.68 Å². The average molecular weight is 217 g/mol. The number of aromatic nitrogens is 4. The van der Waals surface area contributed by atoms with Crippen LogP contribution in [0.1, 0.15) is 18.9 Å². The highest BCUT2D eigenvalue weighted by Gasteiger charge is 2.03. The summed E-state index contributed by atoms with van der Waals surface area (Å²) in [7, 11) is 0. The predicted molar refractivity (Wildman–Crippen MR) is 61.9 cm³/mol. The van der Waals surface area contributed by atoms with Crippen molar-refractivity contribution < 1.29 is 0 Å². The van der Waals surface area contributed by atoms with Gasteiger partial charge in [0, 0.05) is 13.1 Å². The Kier molecular flexibility index (Phi) is 3.48. The second-order valence-corrected chi connectivity index (χ2v) is 3.56. The molecule has 0 aliphatic rings. The third-order valence-electron chi connectivity index (χ3n) is 2.26. The summed E-state index contributed by atoms with van der Waals surface area (Å²) < 4.78 is 1.78. The molecule has 0 aliphatic heterocycles. The first kappa shape index (κ1) is 10.6. The van der Waals surface area contributed by atoms with Crippen molar-refractivity contribution in [3.8, 4) is 0 Å². The van der Waals surface area contributed by atoms with E-state index in [1.165, 1.54) is 5.56 Å². The molecule has 0 bridgehead atoms. The summed E-state index contributed by atoms with van der Waals surface area (Å²) in [4.78, 5) is 0. The minimum absolute atomic E-state index is 0.728. The van der Waals surface area contributed by atoms with E-state index < -0.39 is 0 Å². The second-order valence-electron chi connectivity index (χ2n) is 3.56. The molecule has 1 aromatic heterocycles. The monoisotopic (exact) mass is 217 g/mol. The number of rotatable bonds is 5. The van der Waals surface area contributed by atoms with Gasteiger partial charge in [-0.25, -0.2) is 4.68 Å². The molecule has 1 N–H and O–H groups in total. The van der Waals surface area contributed by atoms with Gasteiger partial charge in [0.25, 0.3) is 0 Å². The zero-order chi connectivity index (χ0) is 11.2. The summed E-state index contributed by atoms with van der Waals surface area (Å²) in [6, 6.07) is 10.2. The van der Waals surface area contributed by atoms with Crippen LogP contribution >= 0.6 is 0 Å². The van der Waals surface area contributed by atoms with Crippen molar-refractivity contribution in [1.82, 2.24) is 20.2 Å². The molecule has 0 atom stereocenters. The Morgan fingerprint density at radius 1 is 1.25 bits per heavy atom. The Morgan fingerprint density at radius 3 is 2.81 bits per heavy atom. The van der Waals surface area contributed by atoms with Crippen LogP contribution in [0.25, 0.3) is 0 Å². The summed E-state index contributed by atoms with van der Waals surface area (Å²) in [6.45, 7) is 3.68. The molecule has 84 valence electrons. The third-order valence-corrected chi connectivity index (χ3v) is 2.26. The fraction of sp³-hybridized carbons (Fsp3) is 0.364. The SMILES string of the molecule is CCCn1nnnc1NCc1ccccc1. The van der Waals surface area contributed by atoms with Crippen LogP contribution in [0.15, 0.2) is 30.3 Å². The lowest BCUT2D eigenvalue weighted by Gasteiger charge is -2.05. The van der Waals surface area contributed by atoms with Crippen LogP contribution in [0, 0.1) is 0 Å². The highest BCUT2D eigenvalue weighted by molar-refractivity contribution is 5.25. The molecule has 0 radical (unpaired) electrons. The molecule has 2 aromatic rings. The Balaban J connectivity index is 1.97. The van der Waals surface area contributed by atoms with E-state index in [9.17, 15) is 0 Å². The van der Waals surface area contributed by atoms with Gasteiger partial charge in [-0.3, -0.25) is 0 Å². The number of nitrogens with zero attached hydrogens (tertiary/aromatic N) is 4. The molecule has 2 rings (SSSR count). The number of hydrogen-bond donors (Lipinski definition) is 1. The summed E-state index contributed by atoms with van der Waals surface area (Å²) >= 11 is 0. The minimum Gasteiger partial charge on any atom is -0.349 e. The van der Waals surface area contributed by atoms with Crippen LogP contribution in [-0.4, -0.2) is 20.2 Å². The molecule has 0 saturated carbocycles. The van der Waals surface area contributed by atoms with Gasteiger partial charge >= 0.3 is 0 Å². The van der Waals surface area contributed by atoms with Crippen molar-refractivity contribution in [2.45, 2.75) is 26.4 Å². The highest BCUT2D eigenvalue weighted by Crippen LogP contribution is 2.04. The van der Waals surface area contributed by atoms with Gasteiger partial charge in [-0.1, -0.05) is 42.4 Å². The lowest BCUT2D eigenvalue weighted by molar-refractivity contribution is 0.582. The second kappa shape index (κ2) is 5.25. The average Bonchev–Trinajstić information content (AvgIpc) is 2.76. The van der Waals surface area contributed by atoms with Crippen molar-refractivity contribution in [2.24, 2.45) is 0 Å². The zero-order valence-electron chi connectivity index (χ0n) is 9.30. The zero-order valence-corrected chi connectivity index (χ0v) is 9.30. The Labute approximate surface area is 94.5 Å². The molecular formula is C11H15N5. The molecular weight excluding hydrogens is 202 g/mol. The van der Waals surface area contributed by atoms with E-state index in [1.807, 2.05) is 18.2 Å².